The highest BCUT2D eigenvalue weighted by molar-refractivity contribution is 5.72. The number of hydrogen-bond acceptors (Lipinski definition) is 5. The normalized spacial score (nSPS) is 11.0. The van der Waals surface area contributed by atoms with Crippen molar-refractivity contribution in [2.45, 2.75) is 19.8 Å². The van der Waals surface area contributed by atoms with E-state index in [0.29, 0.717) is 11.6 Å². The van der Waals surface area contributed by atoms with Crippen molar-refractivity contribution in [2.24, 2.45) is 0 Å². The Morgan fingerprint density at radius 2 is 0.970 bits per heavy atom. The molecule has 0 spiro atoms. The minimum Gasteiger partial charge on any atom is -0.264 e. The quantitative estimate of drug-likeness (QED) is 0.321. The maximum Gasteiger partial charge on any atom is 0.163 e. The topological polar surface area (TPSA) is 64.5 Å². The lowest BCUT2D eigenvalue weighted by Gasteiger charge is -2.11. The van der Waals surface area contributed by atoms with Crippen LogP contribution in [0.25, 0.3) is 45.0 Å². The summed E-state index contributed by atoms with van der Waals surface area (Å²) in [5, 5.41) is 0. The van der Waals surface area contributed by atoms with E-state index >= 15 is 0 Å². The van der Waals surface area contributed by atoms with Crippen molar-refractivity contribution in [3.05, 3.63) is 103 Å². The zero-order valence-corrected chi connectivity index (χ0v) is 18.6. The monoisotopic (exact) mass is 429 g/mol. The summed E-state index contributed by atoms with van der Waals surface area (Å²) in [4.78, 5) is 22.9. The van der Waals surface area contributed by atoms with Gasteiger partial charge in [0, 0.05) is 53.0 Å². The van der Waals surface area contributed by atoms with E-state index in [1.807, 2.05) is 48.8 Å². The van der Waals surface area contributed by atoms with Crippen molar-refractivity contribution in [3.8, 4) is 45.0 Å². The molecule has 160 valence electrons. The number of rotatable bonds is 5. The van der Waals surface area contributed by atoms with Gasteiger partial charge in [0.15, 0.2) is 11.6 Å². The van der Waals surface area contributed by atoms with Gasteiger partial charge in [-0.05, 0) is 35.4 Å². The Morgan fingerprint density at radius 3 is 1.39 bits per heavy atom. The van der Waals surface area contributed by atoms with Crippen molar-refractivity contribution in [2.75, 3.05) is 0 Å². The molecule has 0 radical (unpaired) electrons. The molecule has 0 unspecified atom stereocenters. The Labute approximate surface area is 193 Å². The van der Waals surface area contributed by atoms with Crippen LogP contribution < -0.4 is 0 Å². The summed E-state index contributed by atoms with van der Waals surface area (Å²) in [7, 11) is 0. The lowest BCUT2D eigenvalue weighted by molar-refractivity contribution is 0.766. The Kier molecular flexibility index (Phi) is 5.68. The minimum atomic E-state index is 0.175. The first kappa shape index (κ1) is 20.6. The summed E-state index contributed by atoms with van der Waals surface area (Å²) >= 11 is 0. The van der Waals surface area contributed by atoms with Crippen LogP contribution >= 0.6 is 0 Å². The highest BCUT2D eigenvalue weighted by atomic mass is 15.0. The molecular weight excluding hydrogens is 406 g/mol. The van der Waals surface area contributed by atoms with E-state index in [4.69, 9.17) is 15.0 Å². The second-order valence-electron chi connectivity index (χ2n) is 8.14. The van der Waals surface area contributed by atoms with Gasteiger partial charge in [-0.1, -0.05) is 62.4 Å². The molecule has 0 aliphatic rings. The van der Waals surface area contributed by atoms with E-state index in [1.165, 1.54) is 0 Å². The van der Waals surface area contributed by atoms with Crippen LogP contribution in [0.2, 0.25) is 0 Å². The molecule has 5 heteroatoms. The zero-order valence-electron chi connectivity index (χ0n) is 18.6. The van der Waals surface area contributed by atoms with Crippen LogP contribution in [0.4, 0.5) is 0 Å². The molecule has 5 aromatic rings. The summed E-state index contributed by atoms with van der Waals surface area (Å²) < 4.78 is 0. The molecule has 0 aliphatic carbocycles. The number of hydrogen-bond donors (Lipinski definition) is 0. The van der Waals surface area contributed by atoms with Gasteiger partial charge in [-0.3, -0.25) is 9.97 Å². The molecule has 0 N–H and O–H groups in total. The van der Waals surface area contributed by atoms with Gasteiger partial charge in [-0.25, -0.2) is 15.0 Å². The molecular formula is C28H23N5. The first-order chi connectivity index (χ1) is 16.2. The van der Waals surface area contributed by atoms with Crippen LogP contribution in [0.5, 0.6) is 0 Å². The van der Waals surface area contributed by atoms with Crippen LogP contribution in [-0.2, 0) is 0 Å². The molecule has 0 fully saturated rings. The van der Waals surface area contributed by atoms with Gasteiger partial charge >= 0.3 is 0 Å². The molecule has 0 atom stereocenters. The maximum absolute atomic E-state index is 4.87. The number of nitrogens with zero attached hydrogens (tertiary/aromatic N) is 5. The summed E-state index contributed by atoms with van der Waals surface area (Å²) in [6.45, 7) is 4.20. The molecule has 0 aliphatic heterocycles. The molecule has 0 saturated carbocycles. The van der Waals surface area contributed by atoms with Gasteiger partial charge in [-0.2, -0.15) is 0 Å². The molecule has 0 bridgehead atoms. The fourth-order valence-corrected chi connectivity index (χ4v) is 3.65. The Hall–Kier alpha value is -4.25. The summed E-state index contributed by atoms with van der Waals surface area (Å²) in [6.07, 6.45) is 7.28. The van der Waals surface area contributed by atoms with E-state index in [0.717, 1.165) is 39.2 Å². The Bertz CT molecular complexity index is 1280. The third kappa shape index (κ3) is 4.53. The Morgan fingerprint density at radius 1 is 0.515 bits per heavy atom. The second kappa shape index (κ2) is 9.09. The lowest BCUT2D eigenvalue weighted by Crippen LogP contribution is -2.04. The van der Waals surface area contributed by atoms with Gasteiger partial charge in [0.25, 0.3) is 0 Å². The summed E-state index contributed by atoms with van der Waals surface area (Å²) in [5.74, 6) is 2.28. The van der Waals surface area contributed by atoms with Crippen molar-refractivity contribution in [1.29, 1.82) is 0 Å². The van der Waals surface area contributed by atoms with Crippen molar-refractivity contribution in [3.63, 3.8) is 0 Å². The van der Waals surface area contributed by atoms with Crippen molar-refractivity contribution in [1.82, 2.24) is 24.9 Å². The largest absolute Gasteiger partial charge is 0.264 e. The van der Waals surface area contributed by atoms with Crippen LogP contribution in [-0.4, -0.2) is 24.9 Å². The highest BCUT2D eigenvalue weighted by Gasteiger charge is 2.14. The third-order valence-electron chi connectivity index (χ3n) is 5.40. The smallest absolute Gasteiger partial charge is 0.163 e. The first-order valence-electron chi connectivity index (χ1n) is 10.9. The lowest BCUT2D eigenvalue weighted by atomic mass is 10.0. The van der Waals surface area contributed by atoms with Crippen LogP contribution in [0.1, 0.15) is 25.6 Å². The van der Waals surface area contributed by atoms with Crippen LogP contribution in [0.3, 0.4) is 0 Å². The van der Waals surface area contributed by atoms with Crippen LogP contribution in [0, 0.1) is 0 Å². The molecule has 0 amide bonds. The predicted octanol–water partition coefficient (Wildman–Crippen LogP) is 6.45. The van der Waals surface area contributed by atoms with E-state index in [9.17, 15) is 0 Å². The SMILES string of the molecule is CC(C)c1nc(-c2cccc(-c3cccnc3)c2)nc(-c2cccc(-c3cccnc3)c2)n1. The standard InChI is InChI=1S/C28H23N5/c1-19(2)26-31-27(22-9-3-7-20(15-22)24-11-5-13-29-17-24)33-28(32-26)23-10-4-8-21(16-23)25-12-6-14-30-18-25/h3-19H,1-2H3. The third-order valence-corrected chi connectivity index (χ3v) is 5.40. The minimum absolute atomic E-state index is 0.175. The van der Waals surface area contributed by atoms with Crippen molar-refractivity contribution < 1.29 is 0 Å². The van der Waals surface area contributed by atoms with Gasteiger partial charge in [-0.15, -0.1) is 0 Å². The predicted molar refractivity (Wildman–Crippen MR) is 131 cm³/mol. The molecule has 3 aromatic heterocycles. The fraction of sp³-hybridized carbons (Fsp3) is 0.107. The molecule has 0 saturated heterocycles. The fourth-order valence-electron chi connectivity index (χ4n) is 3.65. The van der Waals surface area contributed by atoms with E-state index < -0.39 is 0 Å². The second-order valence-corrected chi connectivity index (χ2v) is 8.14. The van der Waals surface area contributed by atoms with Gasteiger partial charge in [0.1, 0.15) is 5.82 Å². The average molecular weight is 430 g/mol. The molecule has 5 rings (SSSR count). The molecule has 5 nitrogen and oxygen atoms in total. The van der Waals surface area contributed by atoms with E-state index in [-0.39, 0.29) is 5.92 Å². The van der Waals surface area contributed by atoms with E-state index in [1.54, 1.807) is 12.4 Å². The summed E-state index contributed by atoms with van der Waals surface area (Å²) in [5.41, 5.74) is 6.17. The van der Waals surface area contributed by atoms with Crippen molar-refractivity contribution >= 4 is 0 Å². The number of pyridine rings is 2. The van der Waals surface area contributed by atoms with Gasteiger partial charge in [0.2, 0.25) is 0 Å². The van der Waals surface area contributed by atoms with Gasteiger partial charge in [0.05, 0.1) is 0 Å². The van der Waals surface area contributed by atoms with Crippen LogP contribution in [0.15, 0.2) is 97.6 Å². The Balaban J connectivity index is 1.60. The molecule has 2 aromatic carbocycles. The summed E-state index contributed by atoms with van der Waals surface area (Å²) in [6, 6.07) is 24.5. The van der Waals surface area contributed by atoms with Gasteiger partial charge < -0.3 is 0 Å². The zero-order chi connectivity index (χ0) is 22.6. The average Bonchev–Trinajstić information content (AvgIpc) is 2.89. The highest BCUT2D eigenvalue weighted by Crippen LogP contribution is 2.28. The molecule has 3 heterocycles. The first-order valence-corrected chi connectivity index (χ1v) is 10.9. The van der Waals surface area contributed by atoms with E-state index in [2.05, 4.69) is 60.2 Å². The molecule has 33 heavy (non-hydrogen) atoms. The maximum atomic E-state index is 4.87. The number of benzene rings is 2. The number of aromatic nitrogens is 5.